The number of benzene rings is 2. The zero-order valence-corrected chi connectivity index (χ0v) is 14.9. The molecule has 2 aromatic carbocycles. The third kappa shape index (κ3) is 6.13. The lowest BCUT2D eigenvalue weighted by Crippen LogP contribution is -2.24. The summed E-state index contributed by atoms with van der Waals surface area (Å²) < 4.78 is 64.4. The summed E-state index contributed by atoms with van der Waals surface area (Å²) in [4.78, 5) is 10.9. The van der Waals surface area contributed by atoms with E-state index in [4.69, 9.17) is 0 Å². The van der Waals surface area contributed by atoms with E-state index in [1.807, 2.05) is 0 Å². The highest BCUT2D eigenvalue weighted by Gasteiger charge is 2.30. The van der Waals surface area contributed by atoms with Crippen molar-refractivity contribution in [3.8, 4) is 11.8 Å². The summed E-state index contributed by atoms with van der Waals surface area (Å²) in [6, 6.07) is 9.95. The molecule has 0 bridgehead atoms. The molecule has 27 heavy (non-hydrogen) atoms. The van der Waals surface area contributed by atoms with E-state index in [9.17, 15) is 26.4 Å². The molecule has 0 aliphatic rings. The SMILES string of the molecule is CC(=O)Nc1ccc(S(=O)(=O)NCC#Cc2cccc(C(F)(F)F)c2)cc1. The van der Waals surface area contributed by atoms with Crippen LogP contribution in [0.5, 0.6) is 0 Å². The van der Waals surface area contributed by atoms with Crippen molar-refractivity contribution in [2.75, 3.05) is 11.9 Å². The molecular weight excluding hydrogens is 381 g/mol. The second-order valence-electron chi connectivity index (χ2n) is 5.41. The Balaban J connectivity index is 2.03. The smallest absolute Gasteiger partial charge is 0.326 e. The number of alkyl halides is 3. The molecule has 0 fully saturated rings. The maximum absolute atomic E-state index is 12.6. The van der Waals surface area contributed by atoms with Gasteiger partial charge in [-0.3, -0.25) is 4.79 Å². The lowest BCUT2D eigenvalue weighted by atomic mass is 10.1. The molecule has 2 aromatic rings. The summed E-state index contributed by atoms with van der Waals surface area (Å²) in [5.41, 5.74) is -0.247. The second-order valence-corrected chi connectivity index (χ2v) is 7.18. The molecule has 0 atom stereocenters. The first-order valence-electron chi connectivity index (χ1n) is 7.61. The number of anilines is 1. The molecule has 0 aliphatic heterocycles. The number of halogens is 3. The van der Waals surface area contributed by atoms with Crippen LogP contribution >= 0.6 is 0 Å². The van der Waals surface area contributed by atoms with E-state index in [-0.39, 0.29) is 22.9 Å². The van der Waals surface area contributed by atoms with E-state index < -0.39 is 21.8 Å². The minimum atomic E-state index is -4.47. The summed E-state index contributed by atoms with van der Waals surface area (Å²) in [5.74, 6) is 4.68. The summed E-state index contributed by atoms with van der Waals surface area (Å²) in [7, 11) is -3.84. The lowest BCUT2D eigenvalue weighted by Gasteiger charge is -2.06. The Morgan fingerprint density at radius 3 is 2.37 bits per heavy atom. The minimum absolute atomic E-state index is 0.0301. The zero-order valence-electron chi connectivity index (χ0n) is 14.1. The third-order valence-electron chi connectivity index (χ3n) is 3.26. The van der Waals surface area contributed by atoms with Gasteiger partial charge in [-0.25, -0.2) is 8.42 Å². The molecule has 0 unspecified atom stereocenters. The molecule has 1 amide bonds. The quantitative estimate of drug-likeness (QED) is 0.781. The van der Waals surface area contributed by atoms with E-state index in [2.05, 4.69) is 21.9 Å². The van der Waals surface area contributed by atoms with Crippen LogP contribution in [0, 0.1) is 11.8 Å². The Morgan fingerprint density at radius 2 is 1.78 bits per heavy atom. The summed E-state index contributed by atoms with van der Waals surface area (Å²) in [5, 5.41) is 2.51. The van der Waals surface area contributed by atoms with Crippen LogP contribution < -0.4 is 10.0 Å². The standard InChI is InChI=1S/C18H15F3N2O3S/c1-13(24)23-16-7-9-17(10-8-16)27(25,26)22-11-3-5-14-4-2-6-15(12-14)18(19,20)21/h2,4,6-10,12,22H,11H2,1H3,(H,23,24). The van der Waals surface area contributed by atoms with Crippen LogP contribution in [0.15, 0.2) is 53.4 Å². The Kier molecular flexibility index (Phi) is 6.25. The van der Waals surface area contributed by atoms with Crippen molar-refractivity contribution in [2.24, 2.45) is 0 Å². The van der Waals surface area contributed by atoms with E-state index in [1.54, 1.807) is 0 Å². The van der Waals surface area contributed by atoms with Crippen LogP contribution in [0.4, 0.5) is 18.9 Å². The fraction of sp³-hybridized carbons (Fsp3) is 0.167. The van der Waals surface area contributed by atoms with Gasteiger partial charge in [0.05, 0.1) is 17.0 Å². The largest absolute Gasteiger partial charge is 0.416 e. The number of rotatable bonds is 4. The van der Waals surface area contributed by atoms with Crippen molar-refractivity contribution in [1.82, 2.24) is 4.72 Å². The number of hydrogen-bond donors (Lipinski definition) is 2. The predicted octanol–water partition coefficient (Wildman–Crippen LogP) is 2.99. The van der Waals surface area contributed by atoms with E-state index in [0.29, 0.717) is 5.69 Å². The van der Waals surface area contributed by atoms with Gasteiger partial charge in [-0.15, -0.1) is 0 Å². The van der Waals surface area contributed by atoms with Crippen molar-refractivity contribution in [3.63, 3.8) is 0 Å². The summed E-state index contributed by atoms with van der Waals surface area (Å²) >= 11 is 0. The number of nitrogens with one attached hydrogen (secondary N) is 2. The highest BCUT2D eigenvalue weighted by molar-refractivity contribution is 7.89. The number of carbonyl (C=O) groups is 1. The number of carbonyl (C=O) groups excluding carboxylic acids is 1. The van der Waals surface area contributed by atoms with Crippen molar-refractivity contribution in [2.45, 2.75) is 18.0 Å². The van der Waals surface area contributed by atoms with Gasteiger partial charge in [-0.1, -0.05) is 17.9 Å². The minimum Gasteiger partial charge on any atom is -0.326 e. The lowest BCUT2D eigenvalue weighted by molar-refractivity contribution is -0.137. The maximum Gasteiger partial charge on any atom is 0.416 e. The number of hydrogen-bond acceptors (Lipinski definition) is 3. The molecule has 2 N–H and O–H groups in total. The van der Waals surface area contributed by atoms with Crippen molar-refractivity contribution in [1.29, 1.82) is 0 Å². The summed E-state index contributed by atoms with van der Waals surface area (Å²) in [6.45, 7) is 1.06. The van der Waals surface area contributed by atoms with Crippen LogP contribution in [0.3, 0.4) is 0 Å². The second kappa shape index (κ2) is 8.24. The van der Waals surface area contributed by atoms with Crippen molar-refractivity contribution in [3.05, 3.63) is 59.7 Å². The Hall–Kier alpha value is -2.83. The highest BCUT2D eigenvalue weighted by Crippen LogP contribution is 2.29. The normalized spacial score (nSPS) is 11.4. The first-order valence-corrected chi connectivity index (χ1v) is 9.10. The molecule has 5 nitrogen and oxygen atoms in total. The predicted molar refractivity (Wildman–Crippen MR) is 94.3 cm³/mol. The molecule has 0 aliphatic carbocycles. The molecular formula is C18H15F3N2O3S. The monoisotopic (exact) mass is 396 g/mol. The molecule has 0 spiro atoms. The van der Waals surface area contributed by atoms with Gasteiger partial charge in [-0.2, -0.15) is 17.9 Å². The third-order valence-corrected chi connectivity index (χ3v) is 4.68. The van der Waals surface area contributed by atoms with Crippen LogP contribution in [0.2, 0.25) is 0 Å². The van der Waals surface area contributed by atoms with Crippen LogP contribution in [0.1, 0.15) is 18.1 Å². The van der Waals surface area contributed by atoms with E-state index in [1.165, 1.54) is 43.3 Å². The van der Waals surface area contributed by atoms with Gasteiger partial charge in [0, 0.05) is 18.2 Å². The highest BCUT2D eigenvalue weighted by atomic mass is 32.2. The Morgan fingerprint density at radius 1 is 1.11 bits per heavy atom. The van der Waals surface area contributed by atoms with Gasteiger partial charge in [-0.05, 0) is 42.5 Å². The van der Waals surface area contributed by atoms with Gasteiger partial charge < -0.3 is 5.32 Å². The molecule has 0 saturated heterocycles. The van der Waals surface area contributed by atoms with Gasteiger partial charge in [0.25, 0.3) is 0 Å². The van der Waals surface area contributed by atoms with E-state index in [0.717, 1.165) is 12.1 Å². The van der Waals surface area contributed by atoms with Gasteiger partial charge in [0.1, 0.15) is 0 Å². The number of sulfonamides is 1. The van der Waals surface area contributed by atoms with Crippen LogP contribution in [0.25, 0.3) is 0 Å². The van der Waals surface area contributed by atoms with E-state index >= 15 is 0 Å². The Bertz CT molecular complexity index is 989. The van der Waals surface area contributed by atoms with Gasteiger partial charge in [0.2, 0.25) is 15.9 Å². The van der Waals surface area contributed by atoms with Crippen LogP contribution in [-0.4, -0.2) is 20.9 Å². The fourth-order valence-electron chi connectivity index (χ4n) is 2.05. The molecule has 9 heteroatoms. The Labute approximate surface area is 154 Å². The van der Waals surface area contributed by atoms with Gasteiger partial charge >= 0.3 is 6.18 Å². The fourth-order valence-corrected chi connectivity index (χ4v) is 2.98. The van der Waals surface area contributed by atoms with Crippen LogP contribution in [-0.2, 0) is 21.0 Å². The first-order chi connectivity index (χ1) is 12.6. The zero-order chi connectivity index (χ0) is 20.1. The topological polar surface area (TPSA) is 75.3 Å². The first kappa shape index (κ1) is 20.5. The maximum atomic E-state index is 12.6. The molecule has 142 valence electrons. The van der Waals surface area contributed by atoms with Gasteiger partial charge in [0.15, 0.2) is 0 Å². The summed E-state index contributed by atoms with van der Waals surface area (Å²) in [6.07, 6.45) is -4.47. The molecule has 0 saturated carbocycles. The average Bonchev–Trinajstić information content (AvgIpc) is 2.58. The number of amides is 1. The van der Waals surface area contributed by atoms with Crippen molar-refractivity contribution >= 4 is 21.6 Å². The average molecular weight is 396 g/mol. The molecule has 2 rings (SSSR count). The molecule has 0 heterocycles. The van der Waals surface area contributed by atoms with Crippen molar-refractivity contribution < 1.29 is 26.4 Å². The molecule has 0 aromatic heterocycles. The molecule has 0 radical (unpaired) electrons.